The number of ether oxygens (including phenoxy) is 1. The second-order valence-corrected chi connectivity index (χ2v) is 12.9. The molecule has 5 unspecified atom stereocenters. The van der Waals surface area contributed by atoms with Gasteiger partial charge in [-0.05, 0) is 36.2 Å². The number of carbonyl (C=O) groups is 1. The van der Waals surface area contributed by atoms with Gasteiger partial charge in [0, 0.05) is 68.3 Å². The molecule has 1 aliphatic carbocycles. The van der Waals surface area contributed by atoms with Crippen LogP contribution in [0, 0.1) is 29.0 Å². The van der Waals surface area contributed by atoms with Gasteiger partial charge < -0.3 is 24.7 Å². The molecule has 5 fully saturated rings. The van der Waals surface area contributed by atoms with Crippen LogP contribution in [0.2, 0.25) is 0 Å². The molecule has 4 aliphatic heterocycles. The van der Waals surface area contributed by atoms with Crippen LogP contribution in [-0.2, 0) is 11.2 Å². The Morgan fingerprint density at radius 1 is 1.11 bits per heavy atom. The van der Waals surface area contributed by atoms with Gasteiger partial charge in [-0.1, -0.05) is 18.2 Å². The third kappa shape index (κ3) is 5.05. The number of hydrogen-bond donors (Lipinski definition) is 2. The molecule has 236 valence electrons. The largest absolute Gasteiger partial charge is 0.491 e. The van der Waals surface area contributed by atoms with Gasteiger partial charge in [0.1, 0.15) is 36.2 Å². The summed E-state index contributed by atoms with van der Waals surface area (Å²) in [6.45, 7) is 4.28. The number of piperazine rings is 1. The molecule has 0 radical (unpaired) electrons. The summed E-state index contributed by atoms with van der Waals surface area (Å²) in [5, 5.41) is 34.6. The van der Waals surface area contributed by atoms with E-state index in [1.54, 1.807) is 46.2 Å². The number of halogens is 1. The molecule has 5 aliphatic rings. The summed E-state index contributed by atoms with van der Waals surface area (Å²) in [6.07, 6.45) is 4.50. The smallest absolute Gasteiger partial charge is 0.252 e. The van der Waals surface area contributed by atoms with E-state index < -0.39 is 11.9 Å². The van der Waals surface area contributed by atoms with Crippen LogP contribution < -0.4 is 9.64 Å². The first-order valence-corrected chi connectivity index (χ1v) is 15.8. The zero-order valence-corrected chi connectivity index (χ0v) is 25.1. The summed E-state index contributed by atoms with van der Waals surface area (Å²) < 4.78 is 21.9. The van der Waals surface area contributed by atoms with Crippen LogP contribution in [0.5, 0.6) is 5.75 Å². The Labute approximate surface area is 265 Å². The van der Waals surface area contributed by atoms with Crippen LogP contribution in [0.25, 0.3) is 16.6 Å². The number of aliphatic hydroxyl groups is 2. The van der Waals surface area contributed by atoms with Crippen LogP contribution in [0.1, 0.15) is 17.5 Å². The summed E-state index contributed by atoms with van der Waals surface area (Å²) in [5.74, 6) is 1.46. The van der Waals surface area contributed by atoms with Crippen LogP contribution in [0.4, 0.5) is 10.2 Å². The highest BCUT2D eigenvalue weighted by molar-refractivity contribution is 5.85. The summed E-state index contributed by atoms with van der Waals surface area (Å²) >= 11 is 0. The molecule has 2 bridgehead atoms. The Morgan fingerprint density at radius 3 is 2.61 bits per heavy atom. The molecule has 3 aromatic heterocycles. The first kappa shape index (κ1) is 28.9. The minimum Gasteiger partial charge on any atom is -0.491 e. The maximum absolute atomic E-state index is 14.1. The van der Waals surface area contributed by atoms with E-state index in [1.807, 2.05) is 18.2 Å². The third-order valence-corrected chi connectivity index (χ3v) is 10.1. The van der Waals surface area contributed by atoms with Crippen molar-refractivity contribution >= 4 is 17.2 Å². The van der Waals surface area contributed by atoms with Crippen molar-refractivity contribution in [2.45, 2.75) is 37.1 Å². The number of carbonyl (C=O) groups excluding carboxylic acids is 1. The monoisotopic (exact) mass is 623 g/mol. The number of anilines is 1. The van der Waals surface area contributed by atoms with Crippen molar-refractivity contribution in [2.24, 2.45) is 11.8 Å². The number of likely N-dealkylation sites (tertiary alicyclic amines) is 1. The molecule has 5 atom stereocenters. The second kappa shape index (κ2) is 11.3. The number of hydrogen-bond acceptors (Lipinski definition) is 9. The van der Waals surface area contributed by atoms with E-state index in [2.05, 4.69) is 21.0 Å². The summed E-state index contributed by atoms with van der Waals surface area (Å²) in [4.78, 5) is 24.1. The molecule has 1 aromatic carbocycles. The van der Waals surface area contributed by atoms with Crippen molar-refractivity contribution in [1.82, 2.24) is 24.4 Å². The van der Waals surface area contributed by atoms with E-state index in [0.29, 0.717) is 53.9 Å². The zero-order chi connectivity index (χ0) is 31.5. The van der Waals surface area contributed by atoms with Crippen LogP contribution in [0.3, 0.4) is 0 Å². The minimum absolute atomic E-state index is 0.0437. The van der Waals surface area contributed by atoms with E-state index >= 15 is 0 Å². The highest BCUT2D eigenvalue weighted by Gasteiger charge is 2.54. The van der Waals surface area contributed by atoms with Crippen molar-refractivity contribution in [3.05, 3.63) is 78.0 Å². The molecular formula is C34H34FN7O4. The molecule has 7 heterocycles. The highest BCUT2D eigenvalue weighted by atomic mass is 19.1. The number of pyridine rings is 2. The van der Waals surface area contributed by atoms with Crippen LogP contribution >= 0.6 is 0 Å². The number of nitrogens with zero attached hydrogens (tertiary/aromatic N) is 7. The van der Waals surface area contributed by atoms with Gasteiger partial charge in [0.2, 0.25) is 0 Å². The fourth-order valence-corrected chi connectivity index (χ4v) is 7.56. The Morgan fingerprint density at radius 2 is 1.89 bits per heavy atom. The molecule has 4 saturated heterocycles. The molecule has 12 heteroatoms. The number of aromatic nitrogens is 3. The van der Waals surface area contributed by atoms with Crippen molar-refractivity contribution in [3.63, 3.8) is 0 Å². The fourth-order valence-electron chi connectivity index (χ4n) is 7.56. The van der Waals surface area contributed by atoms with E-state index in [-0.39, 0.29) is 30.5 Å². The van der Waals surface area contributed by atoms with Crippen molar-refractivity contribution in [2.75, 3.05) is 44.2 Å². The van der Waals surface area contributed by atoms with Crippen molar-refractivity contribution in [3.8, 4) is 22.9 Å². The normalized spacial score (nSPS) is 25.6. The molecule has 1 amide bonds. The molecular weight excluding hydrogens is 589 g/mol. The van der Waals surface area contributed by atoms with Gasteiger partial charge in [-0.3, -0.25) is 9.69 Å². The molecule has 1 saturated carbocycles. The van der Waals surface area contributed by atoms with Gasteiger partial charge in [0.25, 0.3) is 5.91 Å². The number of benzene rings is 1. The molecule has 4 aromatic rings. The number of piperidine rings is 2. The van der Waals surface area contributed by atoms with Gasteiger partial charge in [-0.2, -0.15) is 10.4 Å². The number of amides is 1. The lowest BCUT2D eigenvalue weighted by molar-refractivity contribution is -0.155. The molecule has 9 rings (SSSR count). The molecule has 2 N–H and O–H groups in total. The molecule has 0 spiro atoms. The number of nitriles is 1. The predicted molar refractivity (Wildman–Crippen MR) is 165 cm³/mol. The lowest BCUT2D eigenvalue weighted by Gasteiger charge is -2.57. The van der Waals surface area contributed by atoms with E-state index in [0.717, 1.165) is 43.0 Å². The summed E-state index contributed by atoms with van der Waals surface area (Å²) in [7, 11) is 0. The zero-order valence-electron chi connectivity index (χ0n) is 25.1. The lowest BCUT2D eigenvalue weighted by Crippen LogP contribution is -2.71. The van der Waals surface area contributed by atoms with Gasteiger partial charge in [-0.15, -0.1) is 0 Å². The highest BCUT2D eigenvalue weighted by Crippen LogP contribution is 2.45. The van der Waals surface area contributed by atoms with Crippen LogP contribution in [0.15, 0.2) is 61.1 Å². The standard InChI is InChI=1S/C34H34FN7O4/c35-29-4-2-1-3-20(29)9-30(43)34(45)42-23-10-24(42)16-40(15-23)31-6-5-21(13-37-31)26-11-25(17-41-32(26)22(12-36)14-38-41)46-8-7-39-18-27-28(19-39)33(27)44/h1-6,11,13-14,17,23-24,27-28,30,33,43-44H,7-10,15-16,18-19H2. The Kier molecular flexibility index (Phi) is 7.12. The SMILES string of the molecule is N#Cc1cnn2cc(OCCN3CC4C(O)C4C3)cc(-c3ccc(N4CC5CC(C4)N5C(=O)C(O)Cc4ccccc4F)nc3)c12. The fraction of sp³-hybridized carbons (Fsp3) is 0.412. The average Bonchev–Trinajstić information content (AvgIpc) is 3.39. The Hall–Kier alpha value is -4.57. The van der Waals surface area contributed by atoms with Gasteiger partial charge in [-0.25, -0.2) is 13.9 Å². The number of aliphatic hydroxyl groups excluding tert-OH is 2. The summed E-state index contributed by atoms with van der Waals surface area (Å²) in [6, 6.07) is 14.2. The molecule has 11 nitrogen and oxygen atoms in total. The first-order valence-electron chi connectivity index (χ1n) is 15.8. The average molecular weight is 624 g/mol. The second-order valence-electron chi connectivity index (χ2n) is 12.9. The van der Waals surface area contributed by atoms with E-state index in [9.17, 15) is 24.7 Å². The number of fused-ring (bicyclic) bond motifs is 4. The maximum atomic E-state index is 14.1. The predicted octanol–water partition coefficient (Wildman–Crippen LogP) is 2.10. The maximum Gasteiger partial charge on any atom is 0.252 e. The quantitative estimate of drug-likeness (QED) is 0.288. The van der Waals surface area contributed by atoms with Gasteiger partial charge in [0.15, 0.2) is 0 Å². The van der Waals surface area contributed by atoms with E-state index in [1.165, 1.54) is 6.07 Å². The van der Waals surface area contributed by atoms with Crippen molar-refractivity contribution in [1.29, 1.82) is 5.26 Å². The van der Waals surface area contributed by atoms with Gasteiger partial charge in [0.05, 0.1) is 41.7 Å². The third-order valence-electron chi connectivity index (χ3n) is 10.1. The Balaban J connectivity index is 0.941. The first-order chi connectivity index (χ1) is 22.4. The summed E-state index contributed by atoms with van der Waals surface area (Å²) in [5.41, 5.74) is 3.07. The van der Waals surface area contributed by atoms with Crippen molar-refractivity contribution < 1.29 is 24.1 Å². The minimum atomic E-state index is -1.29. The van der Waals surface area contributed by atoms with E-state index in [4.69, 9.17) is 9.72 Å². The molecule has 46 heavy (non-hydrogen) atoms. The topological polar surface area (TPSA) is 130 Å². The Bertz CT molecular complexity index is 1820. The van der Waals surface area contributed by atoms with Gasteiger partial charge >= 0.3 is 0 Å². The lowest BCUT2D eigenvalue weighted by atomic mass is 9.86. The van der Waals surface area contributed by atoms with Crippen LogP contribution in [-0.4, -0.2) is 104 Å². The number of rotatable bonds is 9.